The van der Waals surface area contributed by atoms with Crippen LogP contribution in [0.4, 0.5) is 49.4 Å². The van der Waals surface area contributed by atoms with Gasteiger partial charge in [0.2, 0.25) is 0 Å². The fraction of sp³-hybridized carbons (Fsp3) is 0.118. The van der Waals surface area contributed by atoms with Crippen molar-refractivity contribution in [2.75, 3.05) is 24.9 Å². The Kier molecular flexibility index (Phi) is 10.9. The molecular weight excluding hydrogens is 698 g/mol. The van der Waals surface area contributed by atoms with Gasteiger partial charge in [-0.2, -0.15) is 26.3 Å². The number of nitrogens with one attached hydrogen (secondary N) is 2. The van der Waals surface area contributed by atoms with Crippen LogP contribution in [-0.4, -0.2) is 54.3 Å². The normalized spacial score (nSPS) is 11.2. The maximum atomic E-state index is 13.1. The van der Waals surface area contributed by atoms with Gasteiger partial charge in [0, 0.05) is 48.0 Å². The quantitative estimate of drug-likeness (QED) is 0.0885. The number of hydrogen-bond donors (Lipinski definition) is 4. The molecule has 6 rings (SSSR count). The molecule has 0 spiro atoms. The van der Waals surface area contributed by atoms with Crippen LogP contribution in [0, 0.1) is 0 Å². The highest BCUT2D eigenvalue weighted by Gasteiger charge is 2.35. The van der Waals surface area contributed by atoms with Crippen molar-refractivity contribution in [2.24, 2.45) is 0 Å². The van der Waals surface area contributed by atoms with Gasteiger partial charge in [-0.25, -0.2) is 19.9 Å². The number of ether oxygens (including phenoxy) is 2. The highest BCUT2D eigenvalue weighted by molar-refractivity contribution is 5.70. The molecule has 4 N–H and O–H groups in total. The van der Waals surface area contributed by atoms with E-state index in [2.05, 4.69) is 40.5 Å². The third-order valence-corrected chi connectivity index (χ3v) is 7.06. The molecule has 0 aliphatic heterocycles. The Hall–Kier alpha value is -6.72. The van der Waals surface area contributed by atoms with Gasteiger partial charge in [0.15, 0.2) is 23.0 Å². The summed E-state index contributed by atoms with van der Waals surface area (Å²) in [5, 5.41) is 24.2. The molecule has 0 bridgehead atoms. The van der Waals surface area contributed by atoms with Gasteiger partial charge >= 0.3 is 12.4 Å². The van der Waals surface area contributed by atoms with E-state index in [0.717, 1.165) is 12.4 Å². The summed E-state index contributed by atoms with van der Waals surface area (Å²) in [6, 6.07) is 14.7. The maximum Gasteiger partial charge on any atom is 0.419 e. The van der Waals surface area contributed by atoms with E-state index in [-0.39, 0.29) is 34.5 Å². The van der Waals surface area contributed by atoms with Crippen LogP contribution in [0.5, 0.6) is 23.0 Å². The zero-order chi connectivity index (χ0) is 37.5. The van der Waals surface area contributed by atoms with Crippen molar-refractivity contribution in [1.82, 2.24) is 29.9 Å². The molecule has 4 heterocycles. The lowest BCUT2D eigenvalue weighted by Gasteiger charge is -2.14. The molecule has 0 fully saturated rings. The molecule has 0 amide bonds. The van der Waals surface area contributed by atoms with Gasteiger partial charge in [-0.3, -0.25) is 9.97 Å². The molecule has 0 atom stereocenters. The number of anilines is 4. The van der Waals surface area contributed by atoms with Crippen LogP contribution in [0.1, 0.15) is 11.1 Å². The van der Waals surface area contributed by atoms with Crippen LogP contribution in [0.3, 0.4) is 0 Å². The van der Waals surface area contributed by atoms with Crippen molar-refractivity contribution >= 4 is 23.0 Å². The van der Waals surface area contributed by atoms with Crippen LogP contribution in [-0.2, 0) is 12.4 Å². The summed E-state index contributed by atoms with van der Waals surface area (Å²) in [7, 11) is 3.04. The monoisotopic (exact) mass is 724 g/mol. The van der Waals surface area contributed by atoms with Crippen molar-refractivity contribution < 1.29 is 46.0 Å². The molecule has 18 heteroatoms. The second-order valence-corrected chi connectivity index (χ2v) is 10.4. The number of alkyl halides is 6. The summed E-state index contributed by atoms with van der Waals surface area (Å²) in [6.07, 6.45) is -2.66. The number of rotatable bonds is 8. The lowest BCUT2D eigenvalue weighted by molar-refractivity contribution is -0.138. The molecular formula is C34H26F6N8O4. The average molecular weight is 725 g/mol. The molecule has 0 radical (unpaired) electrons. The largest absolute Gasteiger partial charge is 0.504 e. The van der Waals surface area contributed by atoms with E-state index in [4.69, 9.17) is 9.47 Å². The van der Waals surface area contributed by atoms with Crippen molar-refractivity contribution in [1.29, 1.82) is 0 Å². The summed E-state index contributed by atoms with van der Waals surface area (Å²) in [5.41, 5.74) is -0.106. The van der Waals surface area contributed by atoms with E-state index in [1.807, 2.05) is 0 Å². The molecule has 268 valence electrons. The number of nitrogens with zero attached hydrogens (tertiary/aromatic N) is 6. The van der Waals surface area contributed by atoms with Crippen molar-refractivity contribution in [3.63, 3.8) is 0 Å². The first-order valence-corrected chi connectivity index (χ1v) is 14.7. The zero-order valence-electron chi connectivity index (χ0n) is 26.9. The van der Waals surface area contributed by atoms with Gasteiger partial charge in [-0.05, 0) is 48.5 Å². The van der Waals surface area contributed by atoms with E-state index in [1.165, 1.54) is 75.7 Å². The second-order valence-electron chi connectivity index (χ2n) is 10.4. The summed E-state index contributed by atoms with van der Waals surface area (Å²) in [6.45, 7) is 0. The van der Waals surface area contributed by atoms with E-state index < -0.39 is 23.5 Å². The molecule has 0 saturated carbocycles. The van der Waals surface area contributed by atoms with Crippen LogP contribution < -0.4 is 20.1 Å². The summed E-state index contributed by atoms with van der Waals surface area (Å²) in [4.78, 5) is 23.1. The minimum absolute atomic E-state index is 0.134. The maximum absolute atomic E-state index is 13.1. The molecule has 0 aliphatic rings. The number of methoxy groups -OCH3 is 2. The molecule has 6 aromatic rings. The van der Waals surface area contributed by atoms with Gasteiger partial charge in [-0.15, -0.1) is 0 Å². The number of pyridine rings is 2. The number of hydrogen-bond acceptors (Lipinski definition) is 12. The molecule has 2 aromatic carbocycles. The number of phenolic OH excluding ortho intramolecular Hbond substituents is 2. The van der Waals surface area contributed by atoms with E-state index in [1.54, 1.807) is 24.3 Å². The highest BCUT2D eigenvalue weighted by atomic mass is 19.4. The topological polar surface area (TPSA) is 160 Å². The van der Waals surface area contributed by atoms with Crippen LogP contribution >= 0.6 is 0 Å². The zero-order valence-corrected chi connectivity index (χ0v) is 26.9. The molecule has 0 saturated heterocycles. The molecule has 0 unspecified atom stereocenters. The molecule has 52 heavy (non-hydrogen) atoms. The Labute approximate surface area is 290 Å². The number of benzene rings is 2. The van der Waals surface area contributed by atoms with E-state index in [9.17, 15) is 36.6 Å². The Balaban J connectivity index is 0.000000202. The standard InChI is InChI=1S/C18H15F3N4O2.C16H11F3N4O2/c1-26-15-4-3-11(7-16(15)27-2)14-8-17(24-10-23-14)25-13-5-6-22-9-12(13)18(19,20)21;17-16(18,19)10-7-20-4-3-11(10)23-15-6-12(21-8-22-15)9-1-2-13(24)14(25)5-9/h3-10H,1-2H3,(H,22,23,24,25);1-8,24-25H,(H,20,21,22,23). The fourth-order valence-electron chi connectivity index (χ4n) is 4.58. The number of phenols is 2. The molecule has 0 aliphatic carbocycles. The smallest absolute Gasteiger partial charge is 0.419 e. The van der Waals surface area contributed by atoms with Crippen molar-refractivity contribution in [3.8, 4) is 45.5 Å². The third kappa shape index (κ3) is 8.89. The Morgan fingerprint density at radius 1 is 0.558 bits per heavy atom. The fourth-order valence-corrected chi connectivity index (χ4v) is 4.58. The van der Waals surface area contributed by atoms with E-state index in [0.29, 0.717) is 34.0 Å². The predicted molar refractivity (Wildman–Crippen MR) is 176 cm³/mol. The Morgan fingerprint density at radius 2 is 1.04 bits per heavy atom. The van der Waals surface area contributed by atoms with Crippen LogP contribution in [0.15, 0.2) is 98.1 Å². The number of aromatic hydroxyl groups is 2. The minimum Gasteiger partial charge on any atom is -0.504 e. The lowest BCUT2D eigenvalue weighted by atomic mass is 10.1. The van der Waals surface area contributed by atoms with Gasteiger partial charge < -0.3 is 30.3 Å². The van der Waals surface area contributed by atoms with Crippen LogP contribution in [0.25, 0.3) is 22.5 Å². The SMILES string of the molecule is COc1ccc(-c2cc(Nc3ccncc3C(F)(F)F)ncn2)cc1OC.Oc1ccc(-c2cc(Nc3ccncc3C(F)(F)F)ncn2)cc1O. The molecule has 12 nitrogen and oxygen atoms in total. The van der Waals surface area contributed by atoms with E-state index >= 15 is 0 Å². The third-order valence-electron chi connectivity index (χ3n) is 7.06. The van der Waals surface area contributed by atoms with Gasteiger partial charge in [0.1, 0.15) is 24.3 Å². The minimum atomic E-state index is -4.56. The van der Waals surface area contributed by atoms with Gasteiger partial charge in [-0.1, -0.05) is 0 Å². The molecule has 4 aromatic heterocycles. The first kappa shape index (κ1) is 36.6. The summed E-state index contributed by atoms with van der Waals surface area (Å²) < 4.78 is 88.8. The Bertz CT molecular complexity index is 2170. The second kappa shape index (κ2) is 15.4. The average Bonchev–Trinajstić information content (AvgIpc) is 3.12. The first-order valence-electron chi connectivity index (χ1n) is 14.7. The first-order chi connectivity index (χ1) is 24.8. The Morgan fingerprint density at radius 3 is 1.50 bits per heavy atom. The predicted octanol–water partition coefficient (Wildman–Crippen LogP) is 8.03. The van der Waals surface area contributed by atoms with Crippen molar-refractivity contribution in [2.45, 2.75) is 12.4 Å². The summed E-state index contributed by atoms with van der Waals surface area (Å²) in [5.74, 6) is 0.791. The summed E-state index contributed by atoms with van der Waals surface area (Å²) >= 11 is 0. The lowest BCUT2D eigenvalue weighted by Crippen LogP contribution is -2.09. The highest BCUT2D eigenvalue weighted by Crippen LogP contribution is 2.37. The van der Waals surface area contributed by atoms with Gasteiger partial charge in [0.05, 0.1) is 48.1 Å². The van der Waals surface area contributed by atoms with Crippen molar-refractivity contribution in [3.05, 3.63) is 109 Å². The number of halogens is 6. The van der Waals surface area contributed by atoms with Crippen LogP contribution in [0.2, 0.25) is 0 Å². The van der Waals surface area contributed by atoms with Gasteiger partial charge in [0.25, 0.3) is 0 Å². The number of aromatic nitrogens is 6.